The summed E-state index contributed by atoms with van der Waals surface area (Å²) in [5.74, 6) is -0.721. The molecule has 0 aliphatic heterocycles. The SMILES string of the molecule is Cc1nn(CC(C)C(=O)Nc2cnn(Cc3cccc(F)c3)c2)c(C)c1Cl. The first-order chi connectivity index (χ1) is 12.8. The summed E-state index contributed by atoms with van der Waals surface area (Å²) >= 11 is 6.15. The molecule has 27 heavy (non-hydrogen) atoms. The van der Waals surface area contributed by atoms with Gasteiger partial charge in [-0.05, 0) is 31.5 Å². The molecule has 1 unspecified atom stereocenters. The lowest BCUT2D eigenvalue weighted by Gasteiger charge is -2.12. The number of hydrogen-bond donors (Lipinski definition) is 1. The van der Waals surface area contributed by atoms with Gasteiger partial charge in [-0.25, -0.2) is 4.39 Å². The number of benzene rings is 1. The molecule has 0 saturated heterocycles. The molecule has 1 N–H and O–H groups in total. The number of hydrogen-bond acceptors (Lipinski definition) is 3. The van der Waals surface area contributed by atoms with Crippen LogP contribution in [0.5, 0.6) is 0 Å². The van der Waals surface area contributed by atoms with Crippen LogP contribution < -0.4 is 5.32 Å². The number of halogens is 2. The quantitative estimate of drug-likeness (QED) is 0.697. The van der Waals surface area contributed by atoms with E-state index in [4.69, 9.17) is 11.6 Å². The summed E-state index contributed by atoms with van der Waals surface area (Å²) in [6, 6.07) is 6.34. The highest BCUT2D eigenvalue weighted by Crippen LogP contribution is 2.20. The van der Waals surface area contributed by atoms with Gasteiger partial charge in [-0.2, -0.15) is 10.2 Å². The molecule has 3 rings (SSSR count). The third-order valence-electron chi connectivity index (χ3n) is 4.32. The van der Waals surface area contributed by atoms with Gasteiger partial charge in [0.15, 0.2) is 0 Å². The van der Waals surface area contributed by atoms with Gasteiger partial charge in [0, 0.05) is 6.20 Å². The van der Waals surface area contributed by atoms with E-state index in [2.05, 4.69) is 15.5 Å². The lowest BCUT2D eigenvalue weighted by molar-refractivity contribution is -0.119. The molecule has 8 heteroatoms. The van der Waals surface area contributed by atoms with Gasteiger partial charge in [0.2, 0.25) is 5.91 Å². The van der Waals surface area contributed by atoms with Gasteiger partial charge in [-0.3, -0.25) is 14.2 Å². The highest BCUT2D eigenvalue weighted by atomic mass is 35.5. The Morgan fingerprint density at radius 2 is 2.15 bits per heavy atom. The number of aryl methyl sites for hydroxylation is 1. The highest BCUT2D eigenvalue weighted by Gasteiger charge is 2.18. The number of rotatable bonds is 6. The van der Waals surface area contributed by atoms with Gasteiger partial charge in [0.25, 0.3) is 0 Å². The van der Waals surface area contributed by atoms with Crippen LogP contribution >= 0.6 is 11.6 Å². The zero-order valence-corrected chi connectivity index (χ0v) is 16.2. The Bertz CT molecular complexity index is 965. The number of carbonyl (C=O) groups is 1. The normalized spacial score (nSPS) is 12.2. The van der Waals surface area contributed by atoms with Crippen molar-refractivity contribution in [2.45, 2.75) is 33.9 Å². The van der Waals surface area contributed by atoms with Crippen molar-refractivity contribution in [2.75, 3.05) is 5.32 Å². The molecule has 1 amide bonds. The molecule has 3 aromatic rings. The van der Waals surface area contributed by atoms with Crippen molar-refractivity contribution >= 4 is 23.2 Å². The Morgan fingerprint density at radius 3 is 2.81 bits per heavy atom. The summed E-state index contributed by atoms with van der Waals surface area (Å²) in [5, 5.41) is 12.0. The van der Waals surface area contributed by atoms with Crippen molar-refractivity contribution in [3.8, 4) is 0 Å². The van der Waals surface area contributed by atoms with E-state index in [-0.39, 0.29) is 17.6 Å². The number of nitrogens with one attached hydrogen (secondary N) is 1. The maximum absolute atomic E-state index is 13.3. The van der Waals surface area contributed by atoms with E-state index in [1.165, 1.54) is 12.1 Å². The molecular formula is C19H21ClFN5O. The third kappa shape index (κ3) is 4.54. The van der Waals surface area contributed by atoms with Crippen molar-refractivity contribution in [1.82, 2.24) is 19.6 Å². The lowest BCUT2D eigenvalue weighted by Crippen LogP contribution is -2.25. The van der Waals surface area contributed by atoms with Crippen LogP contribution in [0.15, 0.2) is 36.7 Å². The smallest absolute Gasteiger partial charge is 0.229 e. The van der Waals surface area contributed by atoms with E-state index in [0.29, 0.717) is 23.8 Å². The fraction of sp³-hybridized carbons (Fsp3) is 0.316. The Hall–Kier alpha value is -2.67. The molecule has 6 nitrogen and oxygen atoms in total. The van der Waals surface area contributed by atoms with Crippen LogP contribution in [0.25, 0.3) is 0 Å². The van der Waals surface area contributed by atoms with Gasteiger partial charge in [-0.15, -0.1) is 0 Å². The molecule has 0 bridgehead atoms. The molecule has 2 heterocycles. The Kier molecular flexibility index (Phi) is 5.60. The van der Waals surface area contributed by atoms with Crippen molar-refractivity contribution < 1.29 is 9.18 Å². The third-order valence-corrected chi connectivity index (χ3v) is 4.87. The number of amides is 1. The summed E-state index contributed by atoms with van der Waals surface area (Å²) in [6.07, 6.45) is 3.29. The van der Waals surface area contributed by atoms with Crippen LogP contribution in [-0.2, 0) is 17.9 Å². The zero-order valence-electron chi connectivity index (χ0n) is 15.4. The minimum Gasteiger partial charge on any atom is -0.323 e. The van der Waals surface area contributed by atoms with E-state index >= 15 is 0 Å². The Morgan fingerprint density at radius 1 is 1.37 bits per heavy atom. The van der Waals surface area contributed by atoms with Gasteiger partial charge in [0.1, 0.15) is 5.82 Å². The highest BCUT2D eigenvalue weighted by molar-refractivity contribution is 6.31. The van der Waals surface area contributed by atoms with Gasteiger partial charge < -0.3 is 5.32 Å². The average molecular weight is 390 g/mol. The molecule has 2 aromatic heterocycles. The lowest BCUT2D eigenvalue weighted by atomic mass is 10.1. The van der Waals surface area contributed by atoms with Crippen LogP contribution in [0.4, 0.5) is 10.1 Å². The standard InChI is InChI=1S/C19H21ClFN5O/c1-12(9-26-14(3)18(20)13(2)24-26)19(27)23-17-8-22-25(11-17)10-15-5-4-6-16(21)7-15/h4-8,11-12H,9-10H2,1-3H3,(H,23,27). The van der Waals surface area contributed by atoms with Crippen LogP contribution in [-0.4, -0.2) is 25.5 Å². The minimum absolute atomic E-state index is 0.135. The number of carbonyl (C=O) groups excluding carboxylic acids is 1. The van der Waals surface area contributed by atoms with Crippen LogP contribution in [0, 0.1) is 25.6 Å². The first-order valence-electron chi connectivity index (χ1n) is 8.60. The summed E-state index contributed by atoms with van der Waals surface area (Å²) in [6.45, 7) is 6.40. The van der Waals surface area contributed by atoms with Crippen molar-refractivity contribution in [1.29, 1.82) is 0 Å². The fourth-order valence-electron chi connectivity index (χ4n) is 2.80. The first-order valence-corrected chi connectivity index (χ1v) is 8.98. The van der Waals surface area contributed by atoms with E-state index in [1.807, 2.05) is 26.8 Å². The maximum atomic E-state index is 13.3. The number of anilines is 1. The predicted molar refractivity (Wildman–Crippen MR) is 102 cm³/mol. The predicted octanol–water partition coefficient (Wildman–Crippen LogP) is 3.81. The molecule has 0 radical (unpaired) electrons. The van der Waals surface area contributed by atoms with Crippen LogP contribution in [0.1, 0.15) is 23.9 Å². The first kappa shape index (κ1) is 19.1. The van der Waals surface area contributed by atoms with E-state index in [0.717, 1.165) is 17.0 Å². The molecule has 0 spiro atoms. The van der Waals surface area contributed by atoms with Crippen molar-refractivity contribution in [3.63, 3.8) is 0 Å². The molecule has 0 fully saturated rings. The number of aromatic nitrogens is 4. The molecule has 142 valence electrons. The fourth-order valence-corrected chi connectivity index (χ4v) is 2.93. The minimum atomic E-state index is -0.300. The largest absolute Gasteiger partial charge is 0.323 e. The Labute approximate surface area is 161 Å². The summed E-state index contributed by atoms with van der Waals surface area (Å²) in [7, 11) is 0. The molecular weight excluding hydrogens is 369 g/mol. The van der Waals surface area contributed by atoms with E-state index in [9.17, 15) is 9.18 Å². The molecule has 1 atom stereocenters. The van der Waals surface area contributed by atoms with Gasteiger partial charge in [-0.1, -0.05) is 30.7 Å². The van der Waals surface area contributed by atoms with E-state index in [1.54, 1.807) is 27.8 Å². The van der Waals surface area contributed by atoms with Crippen molar-refractivity contribution in [2.24, 2.45) is 5.92 Å². The zero-order chi connectivity index (χ0) is 19.6. The van der Waals surface area contributed by atoms with Crippen LogP contribution in [0.3, 0.4) is 0 Å². The van der Waals surface area contributed by atoms with Crippen LogP contribution in [0.2, 0.25) is 5.02 Å². The monoisotopic (exact) mass is 389 g/mol. The van der Waals surface area contributed by atoms with Gasteiger partial charge in [0.05, 0.1) is 47.3 Å². The van der Waals surface area contributed by atoms with Crippen molar-refractivity contribution in [3.05, 3.63) is 64.5 Å². The summed E-state index contributed by atoms with van der Waals surface area (Å²) < 4.78 is 16.7. The number of nitrogens with zero attached hydrogens (tertiary/aromatic N) is 4. The molecule has 0 saturated carbocycles. The second-order valence-corrected chi connectivity index (χ2v) is 6.99. The summed E-state index contributed by atoms with van der Waals surface area (Å²) in [5.41, 5.74) is 2.98. The average Bonchev–Trinajstić information content (AvgIpc) is 3.15. The topological polar surface area (TPSA) is 64.7 Å². The second kappa shape index (κ2) is 7.92. The van der Waals surface area contributed by atoms with E-state index < -0.39 is 0 Å². The Balaban J connectivity index is 1.60. The maximum Gasteiger partial charge on any atom is 0.229 e. The summed E-state index contributed by atoms with van der Waals surface area (Å²) in [4.78, 5) is 12.5. The molecule has 1 aromatic carbocycles. The molecule has 0 aliphatic rings. The second-order valence-electron chi connectivity index (χ2n) is 6.61. The molecule has 0 aliphatic carbocycles. The van der Waals surface area contributed by atoms with Gasteiger partial charge >= 0.3 is 0 Å².